The Morgan fingerprint density at radius 2 is 1.78 bits per heavy atom. The number of pyridine rings is 1. The molecule has 2 aliphatic heterocycles. The molecule has 11 heteroatoms. The number of hydrogen-bond acceptors (Lipinski definition) is 6. The number of fused-ring (bicyclic) bond motifs is 2. The highest BCUT2D eigenvalue weighted by atomic mass is 19.4. The van der Waals surface area contributed by atoms with Gasteiger partial charge < -0.3 is 19.4 Å². The molecule has 0 radical (unpaired) electrons. The van der Waals surface area contributed by atoms with Gasteiger partial charge in [-0.15, -0.1) is 13.2 Å². The highest BCUT2D eigenvalue weighted by Crippen LogP contribution is 2.32. The molecule has 1 aliphatic carbocycles. The van der Waals surface area contributed by atoms with Crippen LogP contribution in [0.2, 0.25) is 0 Å². The number of hydrogen-bond donors (Lipinski definition) is 1. The van der Waals surface area contributed by atoms with Gasteiger partial charge in [-0.3, -0.25) is 9.98 Å². The molecule has 1 N–H and O–H groups in total. The van der Waals surface area contributed by atoms with Gasteiger partial charge in [0.2, 0.25) is 0 Å². The second-order valence-electron chi connectivity index (χ2n) is 9.71. The SMILES string of the molecule is Cc1ncccc1Nc1cc2nc3ccc(F)cc3n(-c3ccc(OC(F)(F)F)cc3)c-2c/c1=N\C1CCOCC1. The Bertz CT molecular complexity index is 1750. The van der Waals surface area contributed by atoms with E-state index in [4.69, 9.17) is 14.7 Å². The molecule has 0 atom stereocenters. The second-order valence-corrected chi connectivity index (χ2v) is 9.71. The van der Waals surface area contributed by atoms with Crippen molar-refractivity contribution in [1.29, 1.82) is 0 Å². The summed E-state index contributed by atoms with van der Waals surface area (Å²) in [4.78, 5) is 14.2. The highest BCUT2D eigenvalue weighted by molar-refractivity contribution is 5.84. The van der Waals surface area contributed by atoms with Crippen LogP contribution in [0.3, 0.4) is 0 Å². The van der Waals surface area contributed by atoms with Gasteiger partial charge in [-0.25, -0.2) is 9.37 Å². The van der Waals surface area contributed by atoms with E-state index in [9.17, 15) is 17.6 Å². The van der Waals surface area contributed by atoms with E-state index in [2.05, 4.69) is 15.0 Å². The van der Waals surface area contributed by atoms with Gasteiger partial charge in [-0.1, -0.05) is 0 Å². The summed E-state index contributed by atoms with van der Waals surface area (Å²) in [7, 11) is 0. The number of halogens is 4. The summed E-state index contributed by atoms with van der Waals surface area (Å²) in [5, 5.41) is 4.11. The van der Waals surface area contributed by atoms with Crippen LogP contribution in [0.25, 0.3) is 28.1 Å². The number of aromatic nitrogens is 3. The first-order chi connectivity index (χ1) is 19.7. The van der Waals surface area contributed by atoms with Crippen LogP contribution in [0.4, 0.5) is 28.9 Å². The van der Waals surface area contributed by atoms with Gasteiger partial charge in [0.15, 0.2) is 0 Å². The molecule has 0 amide bonds. The third-order valence-corrected chi connectivity index (χ3v) is 6.87. The van der Waals surface area contributed by atoms with E-state index >= 15 is 0 Å². The Morgan fingerprint density at radius 1 is 1.00 bits per heavy atom. The second kappa shape index (κ2) is 10.8. The third kappa shape index (κ3) is 5.85. The van der Waals surface area contributed by atoms with E-state index in [1.54, 1.807) is 16.8 Å². The number of nitrogens with zero attached hydrogens (tertiary/aromatic N) is 4. The van der Waals surface area contributed by atoms with Crippen molar-refractivity contribution < 1.29 is 27.0 Å². The molecule has 0 bridgehead atoms. The first-order valence-electron chi connectivity index (χ1n) is 13.1. The molecule has 3 aliphatic rings. The summed E-state index contributed by atoms with van der Waals surface area (Å²) in [6.45, 7) is 3.13. The fraction of sp³-hybridized carbons (Fsp3) is 0.233. The largest absolute Gasteiger partial charge is 0.573 e. The molecule has 1 aromatic heterocycles. The molecule has 6 rings (SSSR count). The molecule has 0 spiro atoms. The van der Waals surface area contributed by atoms with E-state index in [-0.39, 0.29) is 11.8 Å². The van der Waals surface area contributed by atoms with Crippen LogP contribution in [0.5, 0.6) is 5.75 Å². The number of aryl methyl sites for hydroxylation is 1. The number of nitrogens with one attached hydrogen (secondary N) is 1. The monoisotopic (exact) mass is 563 g/mol. The predicted octanol–water partition coefficient (Wildman–Crippen LogP) is 6.69. The van der Waals surface area contributed by atoms with Crippen LogP contribution >= 0.6 is 0 Å². The first kappa shape index (κ1) is 26.7. The van der Waals surface area contributed by atoms with Crippen molar-refractivity contribution in [2.24, 2.45) is 4.99 Å². The van der Waals surface area contributed by atoms with E-state index in [1.807, 2.05) is 31.2 Å². The van der Waals surface area contributed by atoms with Gasteiger partial charge in [0.25, 0.3) is 0 Å². The Hall–Kier alpha value is -4.51. The number of rotatable bonds is 5. The number of benzene rings is 3. The molecule has 0 unspecified atom stereocenters. The average molecular weight is 564 g/mol. The fourth-order valence-electron chi connectivity index (χ4n) is 4.92. The Labute approximate surface area is 232 Å². The summed E-state index contributed by atoms with van der Waals surface area (Å²) in [6, 6.07) is 17.2. The minimum atomic E-state index is -4.82. The van der Waals surface area contributed by atoms with Crippen molar-refractivity contribution in [3.8, 4) is 22.8 Å². The van der Waals surface area contributed by atoms with Gasteiger partial charge in [0.05, 0.1) is 50.9 Å². The van der Waals surface area contributed by atoms with Crippen LogP contribution in [-0.4, -0.2) is 40.2 Å². The van der Waals surface area contributed by atoms with Gasteiger partial charge in [0.1, 0.15) is 11.6 Å². The van der Waals surface area contributed by atoms with Crippen molar-refractivity contribution in [2.75, 3.05) is 18.5 Å². The number of anilines is 2. The molecule has 1 fully saturated rings. The predicted molar refractivity (Wildman–Crippen MR) is 146 cm³/mol. The lowest BCUT2D eigenvalue weighted by Crippen LogP contribution is -2.23. The molecule has 2 aromatic carbocycles. The summed E-state index contributed by atoms with van der Waals surface area (Å²) in [6.07, 6.45) is -1.56. The molecule has 210 valence electrons. The Kier molecular flexibility index (Phi) is 7.04. The summed E-state index contributed by atoms with van der Waals surface area (Å²) in [5.74, 6) is -0.828. The molecule has 3 heterocycles. The molecule has 0 saturated carbocycles. The highest BCUT2D eigenvalue weighted by Gasteiger charge is 2.31. The van der Waals surface area contributed by atoms with E-state index in [0.717, 1.165) is 29.9 Å². The van der Waals surface area contributed by atoms with Crippen LogP contribution in [0.15, 0.2) is 77.9 Å². The van der Waals surface area contributed by atoms with Crippen LogP contribution in [-0.2, 0) is 4.74 Å². The molecular weight excluding hydrogens is 538 g/mol. The zero-order valence-corrected chi connectivity index (χ0v) is 22.0. The maximum absolute atomic E-state index is 14.5. The standard InChI is InChI=1S/C30H25F4N5O2/c1-18-23(3-2-12-35-18)37-25-16-27-29(17-26(25)36-20-10-13-40-14-11-20)39(28-15-19(31)4-9-24(28)38-27)21-5-7-22(8-6-21)41-30(32,33)34/h2-9,12,15-17,20,37H,10-11,13-14H2,1H3/b36-26+. The van der Waals surface area contributed by atoms with Crippen molar-refractivity contribution in [3.63, 3.8) is 0 Å². The minimum absolute atomic E-state index is 0.0369. The molecule has 1 saturated heterocycles. The zero-order valence-electron chi connectivity index (χ0n) is 22.0. The van der Waals surface area contributed by atoms with Crippen LogP contribution in [0, 0.1) is 12.7 Å². The maximum atomic E-state index is 14.5. The average Bonchev–Trinajstić information content (AvgIpc) is 2.94. The normalized spacial score (nSPS) is 15.0. The maximum Gasteiger partial charge on any atom is 0.573 e. The number of ether oxygens (including phenoxy) is 2. The van der Waals surface area contributed by atoms with Gasteiger partial charge >= 0.3 is 6.36 Å². The lowest BCUT2D eigenvalue weighted by Gasteiger charge is -2.22. The zero-order chi connectivity index (χ0) is 28.6. The molecular formula is C30H25F4N5O2. The van der Waals surface area contributed by atoms with E-state index in [0.29, 0.717) is 46.7 Å². The fourth-order valence-corrected chi connectivity index (χ4v) is 4.92. The smallest absolute Gasteiger partial charge is 0.406 e. The topological polar surface area (TPSA) is 73.6 Å². The summed E-state index contributed by atoms with van der Waals surface area (Å²) < 4.78 is 64.1. The van der Waals surface area contributed by atoms with E-state index in [1.165, 1.54) is 36.4 Å². The van der Waals surface area contributed by atoms with Gasteiger partial charge in [-0.2, -0.15) is 0 Å². The summed E-state index contributed by atoms with van der Waals surface area (Å²) in [5.41, 5.74) is 4.98. The van der Waals surface area contributed by atoms with Crippen molar-refractivity contribution in [2.45, 2.75) is 32.2 Å². The lowest BCUT2D eigenvalue weighted by molar-refractivity contribution is -0.274. The van der Waals surface area contributed by atoms with Crippen molar-refractivity contribution in [3.05, 3.63) is 89.8 Å². The lowest BCUT2D eigenvalue weighted by atomic mass is 10.1. The Balaban J connectivity index is 1.58. The van der Waals surface area contributed by atoms with Crippen LogP contribution < -0.4 is 15.4 Å². The van der Waals surface area contributed by atoms with E-state index < -0.39 is 12.2 Å². The number of alkyl halides is 3. The van der Waals surface area contributed by atoms with Crippen LogP contribution in [0.1, 0.15) is 18.5 Å². The molecule has 7 nitrogen and oxygen atoms in total. The first-order valence-corrected chi connectivity index (χ1v) is 13.1. The third-order valence-electron chi connectivity index (χ3n) is 6.87. The molecule has 3 aromatic rings. The molecule has 41 heavy (non-hydrogen) atoms. The van der Waals surface area contributed by atoms with Crippen molar-refractivity contribution >= 4 is 22.4 Å². The summed E-state index contributed by atoms with van der Waals surface area (Å²) >= 11 is 0. The van der Waals surface area contributed by atoms with Gasteiger partial charge in [-0.05, 0) is 80.4 Å². The van der Waals surface area contributed by atoms with Crippen molar-refractivity contribution in [1.82, 2.24) is 14.5 Å². The van der Waals surface area contributed by atoms with Gasteiger partial charge in [0, 0.05) is 31.2 Å². The minimum Gasteiger partial charge on any atom is -0.406 e. The Morgan fingerprint density at radius 3 is 2.51 bits per heavy atom. The quantitative estimate of drug-likeness (QED) is 0.190.